The molecule has 2 heterocycles. The van der Waals surface area contributed by atoms with Crippen LogP contribution in [0.5, 0.6) is 0 Å². The van der Waals surface area contributed by atoms with Crippen molar-refractivity contribution < 1.29 is 0 Å². The summed E-state index contributed by atoms with van der Waals surface area (Å²) in [5.41, 5.74) is -0.641. The first-order chi connectivity index (χ1) is 6.77. The molecule has 2 rings (SSSR count). The summed E-state index contributed by atoms with van der Waals surface area (Å²) in [5, 5.41) is 0.165. The van der Waals surface area contributed by atoms with Crippen molar-refractivity contribution in [1.29, 1.82) is 0 Å². The van der Waals surface area contributed by atoms with Gasteiger partial charge >= 0.3 is 5.69 Å². The summed E-state index contributed by atoms with van der Waals surface area (Å²) < 4.78 is 1.60. The SMILES string of the molecule is O=c1ccn(C2CSCCS2)c(=O)[nH]1. The number of aromatic nitrogens is 2. The van der Waals surface area contributed by atoms with E-state index >= 15 is 0 Å². The van der Waals surface area contributed by atoms with Crippen LogP contribution < -0.4 is 11.2 Å². The molecule has 1 aromatic heterocycles. The summed E-state index contributed by atoms with van der Waals surface area (Å²) in [6.07, 6.45) is 1.57. The van der Waals surface area contributed by atoms with Crippen molar-refractivity contribution in [3.8, 4) is 0 Å². The van der Waals surface area contributed by atoms with E-state index in [0.29, 0.717) is 0 Å². The highest BCUT2D eigenvalue weighted by molar-refractivity contribution is 8.06. The third-order valence-electron chi connectivity index (χ3n) is 1.96. The second-order valence-electron chi connectivity index (χ2n) is 2.92. The lowest BCUT2D eigenvalue weighted by molar-refractivity contribution is 0.680. The lowest BCUT2D eigenvalue weighted by atomic mass is 10.6. The van der Waals surface area contributed by atoms with Crippen molar-refractivity contribution in [1.82, 2.24) is 9.55 Å². The van der Waals surface area contributed by atoms with Gasteiger partial charge in [-0.15, -0.1) is 11.8 Å². The molecule has 0 spiro atoms. The van der Waals surface area contributed by atoms with E-state index in [4.69, 9.17) is 0 Å². The van der Waals surface area contributed by atoms with Gasteiger partial charge in [0, 0.05) is 29.5 Å². The quantitative estimate of drug-likeness (QED) is 0.764. The van der Waals surface area contributed by atoms with E-state index in [1.165, 1.54) is 6.07 Å². The summed E-state index contributed by atoms with van der Waals surface area (Å²) in [5.74, 6) is 3.12. The summed E-state index contributed by atoms with van der Waals surface area (Å²) in [4.78, 5) is 24.5. The van der Waals surface area contributed by atoms with Crippen molar-refractivity contribution in [3.63, 3.8) is 0 Å². The van der Waals surface area contributed by atoms with Gasteiger partial charge in [-0.3, -0.25) is 14.3 Å². The van der Waals surface area contributed by atoms with Gasteiger partial charge in [-0.2, -0.15) is 11.8 Å². The molecule has 1 aliphatic rings. The maximum atomic E-state index is 11.4. The van der Waals surface area contributed by atoms with Crippen LogP contribution in [0.2, 0.25) is 0 Å². The van der Waals surface area contributed by atoms with E-state index in [1.807, 2.05) is 11.8 Å². The predicted octanol–water partition coefficient (Wildman–Crippen LogP) is 0.515. The van der Waals surface area contributed by atoms with E-state index in [2.05, 4.69) is 4.98 Å². The van der Waals surface area contributed by atoms with E-state index in [-0.39, 0.29) is 16.6 Å². The maximum Gasteiger partial charge on any atom is 0.329 e. The molecule has 1 N–H and O–H groups in total. The molecule has 1 fully saturated rings. The van der Waals surface area contributed by atoms with Crippen molar-refractivity contribution in [3.05, 3.63) is 33.1 Å². The Balaban J connectivity index is 2.31. The Morgan fingerprint density at radius 1 is 1.43 bits per heavy atom. The van der Waals surface area contributed by atoms with Crippen LogP contribution in [0.25, 0.3) is 0 Å². The van der Waals surface area contributed by atoms with Crippen LogP contribution in [0.4, 0.5) is 0 Å². The van der Waals surface area contributed by atoms with Gasteiger partial charge < -0.3 is 0 Å². The largest absolute Gasteiger partial charge is 0.329 e. The fourth-order valence-electron chi connectivity index (χ4n) is 1.29. The highest BCUT2D eigenvalue weighted by atomic mass is 32.2. The molecule has 0 radical (unpaired) electrons. The zero-order valence-corrected chi connectivity index (χ0v) is 9.07. The van der Waals surface area contributed by atoms with Gasteiger partial charge in [-0.1, -0.05) is 0 Å². The molecule has 4 nitrogen and oxygen atoms in total. The van der Waals surface area contributed by atoms with Gasteiger partial charge in [0.05, 0.1) is 5.37 Å². The number of nitrogens with one attached hydrogen (secondary N) is 1. The Morgan fingerprint density at radius 2 is 2.29 bits per heavy atom. The number of rotatable bonds is 1. The van der Waals surface area contributed by atoms with Crippen molar-refractivity contribution in [2.75, 3.05) is 17.3 Å². The normalized spacial score (nSPS) is 22.1. The summed E-state index contributed by atoms with van der Waals surface area (Å²) in [7, 11) is 0. The molecule has 1 aromatic rings. The van der Waals surface area contributed by atoms with Gasteiger partial charge in [0.15, 0.2) is 0 Å². The average molecular weight is 230 g/mol. The molecular formula is C8H10N2O2S2. The number of hydrogen-bond donors (Lipinski definition) is 1. The lowest BCUT2D eigenvalue weighted by Crippen LogP contribution is -2.32. The molecule has 6 heteroatoms. The highest BCUT2D eigenvalue weighted by Crippen LogP contribution is 2.30. The summed E-state index contributed by atoms with van der Waals surface area (Å²) in [6.45, 7) is 0. The van der Waals surface area contributed by atoms with Crippen LogP contribution >= 0.6 is 23.5 Å². The van der Waals surface area contributed by atoms with E-state index in [9.17, 15) is 9.59 Å². The minimum Gasteiger partial charge on any atom is -0.287 e. The van der Waals surface area contributed by atoms with Crippen LogP contribution in [0.1, 0.15) is 5.37 Å². The molecule has 0 saturated carbocycles. The second kappa shape index (κ2) is 4.27. The van der Waals surface area contributed by atoms with Crippen LogP contribution in [-0.2, 0) is 0 Å². The Kier molecular flexibility index (Phi) is 3.02. The Bertz CT molecular complexity index is 420. The number of aromatic amines is 1. The maximum absolute atomic E-state index is 11.4. The fraction of sp³-hybridized carbons (Fsp3) is 0.500. The van der Waals surface area contributed by atoms with Gasteiger partial charge in [0.2, 0.25) is 0 Å². The average Bonchev–Trinajstić information content (AvgIpc) is 2.19. The predicted molar refractivity (Wildman–Crippen MR) is 60.1 cm³/mol. The molecule has 1 saturated heterocycles. The van der Waals surface area contributed by atoms with Gasteiger partial charge in [-0.25, -0.2) is 4.79 Å². The molecule has 0 aromatic carbocycles. The molecular weight excluding hydrogens is 220 g/mol. The van der Waals surface area contributed by atoms with Crippen molar-refractivity contribution in [2.45, 2.75) is 5.37 Å². The molecule has 0 aliphatic carbocycles. The standard InChI is InChI=1S/C8H10N2O2S2/c11-6-1-2-10(8(12)9-6)7-5-13-3-4-14-7/h1-2,7H,3-5H2,(H,9,11,12). The molecule has 14 heavy (non-hydrogen) atoms. The number of hydrogen-bond acceptors (Lipinski definition) is 4. The lowest BCUT2D eigenvalue weighted by Gasteiger charge is -2.22. The zero-order chi connectivity index (χ0) is 9.97. The molecule has 0 bridgehead atoms. The monoisotopic (exact) mass is 230 g/mol. The topological polar surface area (TPSA) is 54.9 Å². The van der Waals surface area contributed by atoms with Gasteiger partial charge in [-0.05, 0) is 0 Å². The molecule has 1 unspecified atom stereocenters. The Morgan fingerprint density at radius 3 is 2.93 bits per heavy atom. The third-order valence-corrected chi connectivity index (χ3v) is 4.69. The minimum absolute atomic E-state index is 0.165. The zero-order valence-electron chi connectivity index (χ0n) is 7.43. The van der Waals surface area contributed by atoms with Crippen LogP contribution in [0.3, 0.4) is 0 Å². The van der Waals surface area contributed by atoms with Crippen LogP contribution in [0.15, 0.2) is 21.9 Å². The number of thioether (sulfide) groups is 2. The van der Waals surface area contributed by atoms with E-state index in [0.717, 1.165) is 17.3 Å². The Labute approximate surface area is 89.1 Å². The number of H-pyrrole nitrogens is 1. The number of nitrogens with zero attached hydrogens (tertiary/aromatic N) is 1. The second-order valence-corrected chi connectivity index (χ2v) is 5.35. The fourth-order valence-corrected chi connectivity index (χ4v) is 3.95. The summed E-state index contributed by atoms with van der Waals surface area (Å²) >= 11 is 3.59. The van der Waals surface area contributed by atoms with Gasteiger partial charge in [0.25, 0.3) is 5.56 Å². The van der Waals surface area contributed by atoms with E-state index < -0.39 is 0 Å². The third kappa shape index (κ3) is 2.06. The van der Waals surface area contributed by atoms with Gasteiger partial charge in [0.1, 0.15) is 0 Å². The van der Waals surface area contributed by atoms with Crippen LogP contribution in [0, 0.1) is 0 Å². The smallest absolute Gasteiger partial charge is 0.287 e. The highest BCUT2D eigenvalue weighted by Gasteiger charge is 2.16. The molecule has 1 atom stereocenters. The Hall–Kier alpha value is -0.620. The first-order valence-corrected chi connectivity index (χ1v) is 6.48. The summed E-state index contributed by atoms with van der Waals surface area (Å²) in [6, 6.07) is 1.39. The van der Waals surface area contributed by atoms with Crippen molar-refractivity contribution >= 4 is 23.5 Å². The van der Waals surface area contributed by atoms with Crippen molar-refractivity contribution in [2.24, 2.45) is 0 Å². The van der Waals surface area contributed by atoms with E-state index in [1.54, 1.807) is 22.5 Å². The molecule has 1 aliphatic heterocycles. The first kappa shape index (κ1) is 9.92. The minimum atomic E-state index is -0.334. The molecule has 0 amide bonds. The van der Waals surface area contributed by atoms with Crippen LogP contribution in [-0.4, -0.2) is 26.8 Å². The first-order valence-electron chi connectivity index (χ1n) is 4.28. The molecule has 76 valence electrons.